The SMILES string of the molecule is Cc1cccc2c(O)cc3c(c12)C(CCl)CN3C(=O)c1ccc2c(c1)nc(-c1ccc(NC(=O)c3ccc(N)cc3)cc1)n2C. The Hall–Kier alpha value is -5.34. The summed E-state index contributed by atoms with van der Waals surface area (Å²) < 4.78 is 1.98. The van der Waals surface area contributed by atoms with Crippen molar-refractivity contribution in [3.05, 3.63) is 113 Å². The number of halogens is 1. The van der Waals surface area contributed by atoms with Gasteiger partial charge in [-0.3, -0.25) is 9.59 Å². The van der Waals surface area contributed by atoms with Crippen LogP contribution in [-0.4, -0.2) is 38.9 Å². The molecule has 0 saturated heterocycles. The van der Waals surface area contributed by atoms with Crippen molar-refractivity contribution >= 4 is 62.3 Å². The van der Waals surface area contributed by atoms with E-state index >= 15 is 0 Å². The summed E-state index contributed by atoms with van der Waals surface area (Å²) in [7, 11) is 1.93. The summed E-state index contributed by atoms with van der Waals surface area (Å²) in [5.41, 5.74) is 13.1. The second kappa shape index (κ2) is 11.0. The van der Waals surface area contributed by atoms with Gasteiger partial charge in [0.15, 0.2) is 0 Å². The van der Waals surface area contributed by atoms with Crippen LogP contribution < -0.4 is 16.0 Å². The highest BCUT2D eigenvalue weighted by Crippen LogP contribution is 2.46. The van der Waals surface area contributed by atoms with Gasteiger partial charge in [0.25, 0.3) is 11.8 Å². The largest absolute Gasteiger partial charge is 0.507 e. The van der Waals surface area contributed by atoms with Gasteiger partial charge in [-0.15, -0.1) is 11.6 Å². The van der Waals surface area contributed by atoms with E-state index in [1.807, 2.05) is 79.2 Å². The van der Waals surface area contributed by atoms with Crippen LogP contribution in [0, 0.1) is 6.92 Å². The van der Waals surface area contributed by atoms with E-state index in [4.69, 9.17) is 22.3 Å². The fourth-order valence-electron chi connectivity index (χ4n) is 6.30. The molecule has 224 valence electrons. The summed E-state index contributed by atoms with van der Waals surface area (Å²) in [5, 5.41) is 15.5. The lowest BCUT2D eigenvalue weighted by atomic mass is 9.92. The maximum Gasteiger partial charge on any atom is 0.258 e. The summed E-state index contributed by atoms with van der Waals surface area (Å²) in [5.74, 6) is 0.773. The number of aromatic nitrogens is 2. The van der Waals surface area contributed by atoms with Crippen LogP contribution in [0.4, 0.5) is 17.1 Å². The van der Waals surface area contributed by atoms with Crippen molar-refractivity contribution in [3.63, 3.8) is 0 Å². The summed E-state index contributed by atoms with van der Waals surface area (Å²) in [6.45, 7) is 2.44. The average Bonchev–Trinajstić information content (AvgIpc) is 3.58. The molecule has 0 fully saturated rings. The lowest BCUT2D eigenvalue weighted by Gasteiger charge is -2.19. The second-order valence-electron chi connectivity index (χ2n) is 11.4. The van der Waals surface area contributed by atoms with E-state index in [-0.39, 0.29) is 23.5 Å². The monoisotopic (exact) mass is 615 g/mol. The Kier molecular flexibility index (Phi) is 6.94. The number of anilines is 3. The molecule has 2 amide bonds. The lowest BCUT2D eigenvalue weighted by molar-refractivity contribution is 0.0987. The highest BCUT2D eigenvalue weighted by Gasteiger charge is 2.35. The number of amides is 2. The standard InChI is InChI=1S/C36H30ClN5O3/c1-20-4-3-5-27-31(43)17-30-33(32(20)27)24(18-37)19-42(30)36(45)23-10-15-29-28(16-23)40-34(41(29)2)21-8-13-26(14-9-21)39-35(44)22-6-11-25(38)12-7-22/h3-17,24,43H,18-19,38H2,1-2H3,(H,39,44). The number of hydrogen-bond acceptors (Lipinski definition) is 5. The van der Waals surface area contributed by atoms with Crippen molar-refractivity contribution in [2.45, 2.75) is 12.8 Å². The molecule has 0 radical (unpaired) electrons. The minimum atomic E-state index is -0.223. The number of imidazole rings is 1. The van der Waals surface area contributed by atoms with Gasteiger partial charge in [-0.1, -0.05) is 18.2 Å². The Balaban J connectivity index is 1.17. The van der Waals surface area contributed by atoms with E-state index in [9.17, 15) is 14.7 Å². The Labute approximate surface area is 264 Å². The molecule has 1 unspecified atom stereocenters. The third kappa shape index (κ3) is 4.84. The Morgan fingerprint density at radius 1 is 1.00 bits per heavy atom. The number of rotatable bonds is 5. The molecule has 0 aliphatic carbocycles. The van der Waals surface area contributed by atoms with Gasteiger partial charge in [0.1, 0.15) is 11.6 Å². The van der Waals surface area contributed by atoms with E-state index in [1.54, 1.807) is 35.2 Å². The number of carbonyl (C=O) groups excluding carboxylic acids is 2. The molecule has 5 aromatic carbocycles. The van der Waals surface area contributed by atoms with Crippen LogP contribution in [0.1, 0.15) is 37.8 Å². The first-order chi connectivity index (χ1) is 21.7. The number of aryl methyl sites for hydroxylation is 2. The molecule has 1 atom stereocenters. The highest BCUT2D eigenvalue weighted by molar-refractivity contribution is 6.19. The van der Waals surface area contributed by atoms with Gasteiger partial charge in [0.2, 0.25) is 0 Å². The van der Waals surface area contributed by atoms with Gasteiger partial charge in [-0.05, 0) is 90.2 Å². The fraction of sp³-hybridized carbons (Fsp3) is 0.139. The highest BCUT2D eigenvalue weighted by atomic mass is 35.5. The van der Waals surface area contributed by atoms with Gasteiger partial charge < -0.3 is 25.6 Å². The van der Waals surface area contributed by atoms with Crippen molar-refractivity contribution in [2.75, 3.05) is 28.4 Å². The number of benzene rings is 5. The van der Waals surface area contributed by atoms with Crippen molar-refractivity contribution in [1.82, 2.24) is 9.55 Å². The van der Waals surface area contributed by atoms with Gasteiger partial charge in [-0.25, -0.2) is 4.98 Å². The number of alkyl halides is 1. The molecule has 0 saturated carbocycles. The fourth-order valence-corrected chi connectivity index (χ4v) is 6.56. The number of fused-ring (bicyclic) bond motifs is 4. The Bertz CT molecular complexity index is 2140. The third-order valence-electron chi connectivity index (χ3n) is 8.60. The number of aromatic hydroxyl groups is 1. The number of hydrogen-bond donors (Lipinski definition) is 3. The zero-order chi connectivity index (χ0) is 31.4. The lowest BCUT2D eigenvalue weighted by Crippen LogP contribution is -2.30. The molecular weight excluding hydrogens is 586 g/mol. The van der Waals surface area contributed by atoms with Crippen LogP contribution in [0.2, 0.25) is 0 Å². The Morgan fingerprint density at radius 3 is 2.47 bits per heavy atom. The van der Waals surface area contributed by atoms with E-state index < -0.39 is 0 Å². The summed E-state index contributed by atoms with van der Waals surface area (Å²) in [6, 6.07) is 27.2. The molecule has 0 spiro atoms. The van der Waals surface area contributed by atoms with Crippen LogP contribution in [0.25, 0.3) is 33.2 Å². The predicted molar refractivity (Wildman–Crippen MR) is 180 cm³/mol. The Morgan fingerprint density at radius 2 is 1.73 bits per heavy atom. The van der Waals surface area contributed by atoms with Crippen molar-refractivity contribution in [3.8, 4) is 17.1 Å². The van der Waals surface area contributed by atoms with Gasteiger partial charge >= 0.3 is 0 Å². The topological polar surface area (TPSA) is 113 Å². The van der Waals surface area contributed by atoms with Crippen LogP contribution in [0.5, 0.6) is 5.75 Å². The summed E-state index contributed by atoms with van der Waals surface area (Å²) >= 11 is 6.43. The summed E-state index contributed by atoms with van der Waals surface area (Å²) in [4.78, 5) is 33.2. The minimum Gasteiger partial charge on any atom is -0.507 e. The molecule has 2 heterocycles. The number of nitrogens with one attached hydrogen (secondary N) is 1. The molecule has 45 heavy (non-hydrogen) atoms. The van der Waals surface area contributed by atoms with Crippen molar-refractivity contribution in [1.29, 1.82) is 0 Å². The number of nitrogens with two attached hydrogens (primary N) is 1. The first kappa shape index (κ1) is 28.4. The van der Waals surface area contributed by atoms with Crippen LogP contribution in [0.15, 0.2) is 91.0 Å². The molecule has 8 nitrogen and oxygen atoms in total. The molecule has 4 N–H and O–H groups in total. The normalized spacial score (nSPS) is 14.2. The number of phenols is 1. The third-order valence-corrected chi connectivity index (χ3v) is 8.98. The maximum atomic E-state index is 14.0. The molecule has 7 rings (SSSR count). The number of nitrogens with zero attached hydrogens (tertiary/aromatic N) is 3. The van der Waals surface area contributed by atoms with Crippen LogP contribution >= 0.6 is 11.6 Å². The molecule has 1 aromatic heterocycles. The second-order valence-corrected chi connectivity index (χ2v) is 11.8. The molecule has 1 aliphatic rings. The van der Waals surface area contributed by atoms with Gasteiger partial charge in [-0.2, -0.15) is 0 Å². The van der Waals surface area contributed by atoms with Gasteiger partial charge in [0.05, 0.1) is 16.7 Å². The smallest absolute Gasteiger partial charge is 0.258 e. The molecular formula is C36H30ClN5O3. The average molecular weight is 616 g/mol. The molecule has 1 aliphatic heterocycles. The van der Waals surface area contributed by atoms with Crippen molar-refractivity contribution in [2.24, 2.45) is 7.05 Å². The maximum absolute atomic E-state index is 14.0. The first-order valence-corrected chi connectivity index (χ1v) is 15.1. The number of nitrogen functional groups attached to an aromatic ring is 1. The van der Waals surface area contributed by atoms with E-state index in [2.05, 4.69) is 5.32 Å². The number of carbonyl (C=O) groups is 2. The molecule has 9 heteroatoms. The van der Waals surface area contributed by atoms with E-state index in [1.165, 1.54) is 0 Å². The predicted octanol–water partition coefficient (Wildman–Crippen LogP) is 7.22. The van der Waals surface area contributed by atoms with Crippen molar-refractivity contribution < 1.29 is 14.7 Å². The molecule has 6 aromatic rings. The van der Waals surface area contributed by atoms with Crippen LogP contribution in [0.3, 0.4) is 0 Å². The first-order valence-electron chi connectivity index (χ1n) is 14.6. The quantitative estimate of drug-likeness (QED) is 0.140. The van der Waals surface area contributed by atoms with E-state index in [0.717, 1.165) is 38.8 Å². The zero-order valence-electron chi connectivity index (χ0n) is 24.7. The minimum absolute atomic E-state index is 0.0563. The zero-order valence-corrected chi connectivity index (χ0v) is 25.5. The molecule has 0 bridgehead atoms. The van der Waals surface area contributed by atoms with Crippen LogP contribution in [-0.2, 0) is 7.05 Å². The summed E-state index contributed by atoms with van der Waals surface area (Å²) in [6.07, 6.45) is 0. The number of phenolic OH excluding ortho intramolecular Hbond substituents is 1. The van der Waals surface area contributed by atoms with Gasteiger partial charge in [0, 0.05) is 64.9 Å². The van der Waals surface area contributed by atoms with E-state index in [0.29, 0.717) is 46.1 Å².